The number of amides is 1. The van der Waals surface area contributed by atoms with Gasteiger partial charge in [-0.25, -0.2) is 14.4 Å². The number of aryl methyl sites for hydroxylation is 2. The average molecular weight is 393 g/mol. The lowest BCUT2D eigenvalue weighted by Crippen LogP contribution is -2.36. The molecule has 7 nitrogen and oxygen atoms in total. The first kappa shape index (κ1) is 19.9. The van der Waals surface area contributed by atoms with E-state index in [-0.39, 0.29) is 17.5 Å². The molecule has 2 aromatic carbocycles. The van der Waals surface area contributed by atoms with Crippen LogP contribution in [0, 0.1) is 19.7 Å². The molecular formula is C21H20FN5O2. The predicted octanol–water partition coefficient (Wildman–Crippen LogP) is 3.77. The number of aromatic nitrogens is 2. The van der Waals surface area contributed by atoms with Crippen LogP contribution in [-0.4, -0.2) is 28.9 Å². The summed E-state index contributed by atoms with van der Waals surface area (Å²) in [7, 11) is 1.58. The minimum atomic E-state index is -0.450. The van der Waals surface area contributed by atoms with Gasteiger partial charge in [0.15, 0.2) is 0 Å². The van der Waals surface area contributed by atoms with Crippen LogP contribution in [0.1, 0.15) is 21.7 Å². The van der Waals surface area contributed by atoms with Gasteiger partial charge in [0, 0.05) is 22.6 Å². The molecular weight excluding hydrogens is 373 g/mol. The zero-order valence-electron chi connectivity index (χ0n) is 16.2. The first-order chi connectivity index (χ1) is 13.9. The van der Waals surface area contributed by atoms with E-state index >= 15 is 0 Å². The Labute approximate surface area is 167 Å². The van der Waals surface area contributed by atoms with Crippen LogP contribution in [0.2, 0.25) is 0 Å². The van der Waals surface area contributed by atoms with E-state index in [9.17, 15) is 9.18 Å². The van der Waals surface area contributed by atoms with Crippen molar-refractivity contribution in [1.29, 1.82) is 0 Å². The third-order valence-electron chi connectivity index (χ3n) is 3.87. The number of carbonyl (C=O) groups excluding carboxylic acids is 1. The predicted molar refractivity (Wildman–Crippen MR) is 109 cm³/mol. The molecule has 0 aliphatic rings. The Hall–Kier alpha value is -3.81. The van der Waals surface area contributed by atoms with E-state index in [0.717, 1.165) is 11.4 Å². The molecule has 0 fully saturated rings. The molecule has 8 heteroatoms. The SMILES string of the molecule is COc1ccc(N/C(=N\c2nc(C)cc(C)n2)NC(=O)c2ccc(F)cc2)cc1. The second-order valence-corrected chi connectivity index (χ2v) is 6.23. The van der Waals surface area contributed by atoms with E-state index in [2.05, 4.69) is 25.6 Å². The molecule has 0 aliphatic heterocycles. The van der Waals surface area contributed by atoms with Crippen molar-refractivity contribution in [2.45, 2.75) is 13.8 Å². The van der Waals surface area contributed by atoms with Crippen molar-refractivity contribution in [2.24, 2.45) is 4.99 Å². The topological polar surface area (TPSA) is 88.5 Å². The number of aliphatic imine (C=N–C) groups is 1. The zero-order chi connectivity index (χ0) is 20.8. The van der Waals surface area contributed by atoms with Gasteiger partial charge in [0.2, 0.25) is 5.96 Å². The molecule has 0 aliphatic carbocycles. The molecule has 0 spiro atoms. The van der Waals surface area contributed by atoms with Crippen molar-refractivity contribution in [1.82, 2.24) is 15.3 Å². The lowest BCUT2D eigenvalue weighted by atomic mass is 10.2. The molecule has 0 saturated carbocycles. The molecule has 0 bridgehead atoms. The van der Waals surface area contributed by atoms with E-state index in [0.29, 0.717) is 11.4 Å². The summed E-state index contributed by atoms with van der Waals surface area (Å²) >= 11 is 0. The van der Waals surface area contributed by atoms with Gasteiger partial charge in [-0.15, -0.1) is 0 Å². The van der Waals surface area contributed by atoms with Gasteiger partial charge in [0.05, 0.1) is 7.11 Å². The first-order valence-corrected chi connectivity index (χ1v) is 8.82. The van der Waals surface area contributed by atoms with Gasteiger partial charge in [-0.05, 0) is 68.4 Å². The van der Waals surface area contributed by atoms with Crippen LogP contribution in [0.4, 0.5) is 16.0 Å². The molecule has 0 saturated heterocycles. The Morgan fingerprint density at radius 3 is 2.21 bits per heavy atom. The zero-order valence-corrected chi connectivity index (χ0v) is 16.2. The molecule has 3 rings (SSSR count). The summed E-state index contributed by atoms with van der Waals surface area (Å²) in [6.07, 6.45) is 0. The Kier molecular flexibility index (Phi) is 6.13. The number of carbonyl (C=O) groups is 1. The second-order valence-electron chi connectivity index (χ2n) is 6.23. The molecule has 0 radical (unpaired) electrons. The van der Waals surface area contributed by atoms with E-state index in [1.54, 1.807) is 31.4 Å². The number of ether oxygens (including phenoxy) is 1. The highest BCUT2D eigenvalue weighted by Gasteiger charge is 2.11. The Morgan fingerprint density at radius 2 is 1.62 bits per heavy atom. The van der Waals surface area contributed by atoms with E-state index in [4.69, 9.17) is 4.74 Å². The Balaban J connectivity index is 1.90. The maximum Gasteiger partial charge on any atom is 0.257 e. The number of nitrogens with zero attached hydrogens (tertiary/aromatic N) is 3. The number of nitrogens with one attached hydrogen (secondary N) is 2. The molecule has 1 heterocycles. The number of hydrogen-bond acceptors (Lipinski definition) is 5. The van der Waals surface area contributed by atoms with Gasteiger partial charge < -0.3 is 10.1 Å². The second kappa shape index (κ2) is 8.92. The van der Waals surface area contributed by atoms with Crippen LogP contribution in [0.3, 0.4) is 0 Å². The third-order valence-corrected chi connectivity index (χ3v) is 3.87. The number of anilines is 1. The number of methoxy groups -OCH3 is 1. The summed E-state index contributed by atoms with van der Waals surface area (Å²) < 4.78 is 18.3. The summed E-state index contributed by atoms with van der Waals surface area (Å²) in [5.41, 5.74) is 2.47. The van der Waals surface area contributed by atoms with Crippen LogP contribution in [-0.2, 0) is 0 Å². The maximum atomic E-state index is 13.1. The number of halogens is 1. The number of hydrogen-bond donors (Lipinski definition) is 2. The number of rotatable bonds is 4. The molecule has 1 amide bonds. The van der Waals surface area contributed by atoms with Gasteiger partial charge >= 0.3 is 0 Å². The van der Waals surface area contributed by atoms with Gasteiger partial charge in [0.25, 0.3) is 11.9 Å². The van der Waals surface area contributed by atoms with Gasteiger partial charge in [-0.3, -0.25) is 10.1 Å². The highest BCUT2D eigenvalue weighted by Crippen LogP contribution is 2.16. The fourth-order valence-electron chi connectivity index (χ4n) is 2.54. The molecule has 0 atom stereocenters. The van der Waals surface area contributed by atoms with Crippen molar-refractivity contribution < 1.29 is 13.9 Å². The minimum Gasteiger partial charge on any atom is -0.497 e. The average Bonchev–Trinajstić information content (AvgIpc) is 2.68. The first-order valence-electron chi connectivity index (χ1n) is 8.82. The Bertz CT molecular complexity index is 1010. The summed E-state index contributed by atoms with van der Waals surface area (Å²) in [5.74, 6) is 0.166. The molecule has 29 heavy (non-hydrogen) atoms. The largest absolute Gasteiger partial charge is 0.497 e. The summed E-state index contributed by atoms with van der Waals surface area (Å²) in [6, 6.07) is 14.1. The van der Waals surface area contributed by atoms with Crippen LogP contribution in [0.15, 0.2) is 59.6 Å². The van der Waals surface area contributed by atoms with Crippen LogP contribution in [0.25, 0.3) is 0 Å². The fraction of sp³-hybridized carbons (Fsp3) is 0.143. The molecule has 1 aromatic heterocycles. The van der Waals surface area contributed by atoms with Crippen LogP contribution >= 0.6 is 0 Å². The highest BCUT2D eigenvalue weighted by atomic mass is 19.1. The standard InChI is InChI=1S/C21H20FN5O2/c1-13-12-14(2)24-20(23-13)27-21(25-17-8-10-18(29-3)11-9-17)26-19(28)15-4-6-16(22)7-5-15/h4-12H,1-3H3,(H2,23,24,25,26,27,28). The fourth-order valence-corrected chi connectivity index (χ4v) is 2.54. The monoisotopic (exact) mass is 393 g/mol. The molecule has 2 N–H and O–H groups in total. The third kappa shape index (κ3) is 5.58. The van der Waals surface area contributed by atoms with Crippen molar-refractivity contribution in [3.05, 3.63) is 77.4 Å². The van der Waals surface area contributed by atoms with Crippen molar-refractivity contribution >= 4 is 23.5 Å². The maximum absolute atomic E-state index is 13.1. The minimum absolute atomic E-state index is 0.134. The Morgan fingerprint density at radius 1 is 1.00 bits per heavy atom. The van der Waals surface area contributed by atoms with E-state index in [1.165, 1.54) is 24.3 Å². The molecule has 148 valence electrons. The molecule has 0 unspecified atom stereocenters. The van der Waals surface area contributed by atoms with Crippen LogP contribution < -0.4 is 15.4 Å². The van der Waals surface area contributed by atoms with Gasteiger partial charge in [-0.1, -0.05) is 0 Å². The van der Waals surface area contributed by atoms with E-state index in [1.807, 2.05) is 19.9 Å². The normalized spacial score (nSPS) is 11.1. The van der Waals surface area contributed by atoms with Crippen LogP contribution in [0.5, 0.6) is 5.75 Å². The molecule has 3 aromatic rings. The van der Waals surface area contributed by atoms with Crippen molar-refractivity contribution in [3.8, 4) is 5.75 Å². The highest BCUT2D eigenvalue weighted by molar-refractivity contribution is 6.10. The van der Waals surface area contributed by atoms with Crippen molar-refractivity contribution in [2.75, 3.05) is 12.4 Å². The van der Waals surface area contributed by atoms with E-state index < -0.39 is 11.7 Å². The lowest BCUT2D eigenvalue weighted by molar-refractivity contribution is 0.0977. The number of guanidine groups is 1. The summed E-state index contributed by atoms with van der Waals surface area (Å²) in [5, 5.41) is 5.72. The quantitative estimate of drug-likeness (QED) is 0.520. The van der Waals surface area contributed by atoms with Gasteiger partial charge in [0.1, 0.15) is 11.6 Å². The van der Waals surface area contributed by atoms with Gasteiger partial charge in [-0.2, -0.15) is 4.99 Å². The summed E-state index contributed by atoms with van der Waals surface area (Å²) in [4.78, 5) is 25.5. The lowest BCUT2D eigenvalue weighted by Gasteiger charge is -2.12. The number of benzene rings is 2. The summed E-state index contributed by atoms with van der Waals surface area (Å²) in [6.45, 7) is 3.67. The smallest absolute Gasteiger partial charge is 0.257 e. The van der Waals surface area contributed by atoms with Crippen molar-refractivity contribution in [3.63, 3.8) is 0 Å².